The maximum atomic E-state index is 11.2. The van der Waals surface area contributed by atoms with E-state index in [9.17, 15) is 30.3 Å². The van der Waals surface area contributed by atoms with Gasteiger partial charge in [0.15, 0.2) is 5.69 Å². The number of hydrogen-bond donors (Lipinski definition) is 1. The van der Waals surface area contributed by atoms with Crippen LogP contribution in [0, 0.1) is 30.3 Å². The molecule has 10 nitrogen and oxygen atoms in total. The van der Waals surface area contributed by atoms with Crippen LogP contribution >= 0.6 is 47.8 Å². The number of non-ortho nitro benzene ring substituents is 1. The highest BCUT2D eigenvalue weighted by atomic mass is 79.9. The van der Waals surface area contributed by atoms with Gasteiger partial charge in [0.25, 0.3) is 5.69 Å². The Labute approximate surface area is 164 Å². The Balaban J connectivity index is 2.69. The Bertz CT molecular complexity index is 862. The lowest BCUT2D eigenvalue weighted by Crippen LogP contribution is -2.03. The monoisotopic (exact) mass is 538 g/mol. The molecular formula is C12H5Br3N4O6. The average Bonchev–Trinajstić information content (AvgIpc) is 2.51. The van der Waals surface area contributed by atoms with Crippen LogP contribution < -0.4 is 5.32 Å². The number of benzene rings is 2. The minimum absolute atomic E-state index is 0.294. The summed E-state index contributed by atoms with van der Waals surface area (Å²) in [6.07, 6.45) is 0. The number of hydrogen-bond acceptors (Lipinski definition) is 7. The van der Waals surface area contributed by atoms with E-state index in [2.05, 4.69) is 53.1 Å². The number of nitro benzene ring substituents is 3. The van der Waals surface area contributed by atoms with E-state index in [-0.39, 0.29) is 0 Å². The van der Waals surface area contributed by atoms with Crippen LogP contribution in [0.1, 0.15) is 0 Å². The zero-order chi connectivity index (χ0) is 18.9. The zero-order valence-electron chi connectivity index (χ0n) is 11.7. The van der Waals surface area contributed by atoms with E-state index >= 15 is 0 Å². The average molecular weight is 541 g/mol. The maximum absolute atomic E-state index is 11.2. The van der Waals surface area contributed by atoms with Crippen molar-refractivity contribution in [3.05, 3.63) is 68.0 Å². The summed E-state index contributed by atoms with van der Waals surface area (Å²) in [5, 5.41) is 35.9. The van der Waals surface area contributed by atoms with Crippen LogP contribution in [0.15, 0.2) is 37.7 Å². The van der Waals surface area contributed by atoms with Gasteiger partial charge < -0.3 is 5.32 Å². The second-order valence-corrected chi connectivity index (χ2v) is 7.01. The molecule has 2 aromatic carbocycles. The lowest BCUT2D eigenvalue weighted by atomic mass is 10.2. The van der Waals surface area contributed by atoms with Gasteiger partial charge in [0, 0.05) is 19.1 Å². The molecule has 0 heterocycles. The van der Waals surface area contributed by atoms with E-state index in [4.69, 9.17) is 0 Å². The highest BCUT2D eigenvalue weighted by Gasteiger charge is 2.30. The largest absolute Gasteiger partial charge is 0.344 e. The predicted molar refractivity (Wildman–Crippen MR) is 99.2 cm³/mol. The summed E-state index contributed by atoms with van der Waals surface area (Å²) in [6.45, 7) is 0. The molecule has 0 saturated carbocycles. The molecule has 2 aromatic rings. The lowest BCUT2D eigenvalue weighted by Gasteiger charge is -2.10. The molecule has 0 amide bonds. The van der Waals surface area contributed by atoms with Crippen molar-refractivity contribution in [3.8, 4) is 0 Å². The van der Waals surface area contributed by atoms with Gasteiger partial charge in [-0.05, 0) is 59.9 Å². The third kappa shape index (κ3) is 4.11. The Kier molecular flexibility index (Phi) is 5.69. The molecule has 130 valence electrons. The van der Waals surface area contributed by atoms with E-state index in [1.807, 2.05) is 0 Å². The Morgan fingerprint density at radius 3 is 1.56 bits per heavy atom. The number of nitro groups is 3. The molecule has 0 atom stereocenters. The SMILES string of the molecule is O=[N+]([O-])c1cc([N+](=O)[O-])c(Nc2cc(Br)c(Br)c(Br)c2)c([N+](=O)[O-])c1. The molecule has 0 fully saturated rings. The molecule has 0 aliphatic carbocycles. The van der Waals surface area contributed by atoms with Gasteiger partial charge in [-0.15, -0.1) is 0 Å². The molecular weight excluding hydrogens is 536 g/mol. The summed E-state index contributed by atoms with van der Waals surface area (Å²) in [5.74, 6) is 0. The van der Waals surface area contributed by atoms with E-state index < -0.39 is 37.5 Å². The molecule has 0 bridgehead atoms. The number of rotatable bonds is 5. The first-order valence-corrected chi connectivity index (χ1v) is 8.52. The molecule has 0 saturated heterocycles. The van der Waals surface area contributed by atoms with Crippen LogP contribution in [0.25, 0.3) is 0 Å². The molecule has 0 radical (unpaired) electrons. The maximum Gasteiger partial charge on any atom is 0.306 e. The third-order valence-electron chi connectivity index (χ3n) is 2.94. The smallest absolute Gasteiger partial charge is 0.306 e. The van der Waals surface area contributed by atoms with Gasteiger partial charge in [0.05, 0.1) is 26.9 Å². The summed E-state index contributed by atoms with van der Waals surface area (Å²) >= 11 is 9.81. The second-order valence-electron chi connectivity index (χ2n) is 4.51. The molecule has 13 heteroatoms. The molecule has 0 aliphatic heterocycles. The molecule has 25 heavy (non-hydrogen) atoms. The summed E-state index contributed by atoms with van der Waals surface area (Å²) in [5.41, 5.74) is -2.47. The Hall–Kier alpha value is -2.12. The van der Waals surface area contributed by atoms with E-state index in [0.29, 0.717) is 31.2 Å². The fourth-order valence-electron chi connectivity index (χ4n) is 1.89. The predicted octanol–water partition coefficient (Wildman–Crippen LogP) is 5.44. The van der Waals surface area contributed by atoms with Gasteiger partial charge in [-0.2, -0.15) is 0 Å². The van der Waals surface area contributed by atoms with Gasteiger partial charge in [-0.1, -0.05) is 0 Å². The third-order valence-corrected chi connectivity index (χ3v) is 6.11. The van der Waals surface area contributed by atoms with Gasteiger partial charge in [-0.25, -0.2) is 0 Å². The van der Waals surface area contributed by atoms with E-state index in [1.165, 1.54) is 12.1 Å². The number of halogens is 3. The van der Waals surface area contributed by atoms with Crippen molar-refractivity contribution in [2.45, 2.75) is 0 Å². The van der Waals surface area contributed by atoms with Crippen molar-refractivity contribution in [1.29, 1.82) is 0 Å². The van der Waals surface area contributed by atoms with Crippen LogP contribution in [-0.4, -0.2) is 14.8 Å². The first-order chi connectivity index (χ1) is 11.6. The van der Waals surface area contributed by atoms with Crippen molar-refractivity contribution in [1.82, 2.24) is 0 Å². The van der Waals surface area contributed by atoms with E-state index in [0.717, 1.165) is 0 Å². The molecule has 1 N–H and O–H groups in total. The van der Waals surface area contributed by atoms with Crippen LogP contribution in [0.2, 0.25) is 0 Å². The molecule has 0 spiro atoms. The lowest BCUT2D eigenvalue weighted by molar-refractivity contribution is -0.401. The highest BCUT2D eigenvalue weighted by Crippen LogP contribution is 2.42. The first kappa shape index (κ1) is 19.2. The normalized spacial score (nSPS) is 10.4. The van der Waals surface area contributed by atoms with Crippen molar-refractivity contribution < 1.29 is 14.8 Å². The van der Waals surface area contributed by atoms with E-state index in [1.54, 1.807) is 0 Å². The Morgan fingerprint density at radius 1 is 0.760 bits per heavy atom. The minimum atomic E-state index is -0.934. The number of nitrogens with one attached hydrogen (secondary N) is 1. The van der Waals surface area contributed by atoms with Crippen molar-refractivity contribution in [3.63, 3.8) is 0 Å². The van der Waals surface area contributed by atoms with Gasteiger partial charge in [0.1, 0.15) is 0 Å². The molecule has 0 unspecified atom stereocenters. The molecule has 0 aromatic heterocycles. The number of anilines is 2. The fourth-order valence-corrected chi connectivity index (χ4v) is 3.31. The summed E-state index contributed by atoms with van der Waals surface area (Å²) < 4.78 is 1.83. The summed E-state index contributed by atoms with van der Waals surface area (Å²) in [4.78, 5) is 30.6. The minimum Gasteiger partial charge on any atom is -0.344 e. The Morgan fingerprint density at radius 2 is 1.20 bits per heavy atom. The van der Waals surface area contributed by atoms with Crippen molar-refractivity contribution in [2.24, 2.45) is 0 Å². The molecule has 0 aliphatic rings. The fraction of sp³-hybridized carbons (Fsp3) is 0. The summed E-state index contributed by atoms with van der Waals surface area (Å²) in [6, 6.07) is 4.39. The summed E-state index contributed by atoms with van der Waals surface area (Å²) in [7, 11) is 0. The zero-order valence-corrected chi connectivity index (χ0v) is 16.5. The van der Waals surface area contributed by atoms with Crippen LogP contribution in [0.5, 0.6) is 0 Å². The second kappa shape index (κ2) is 7.41. The standard InChI is InChI=1S/C12H5Br3N4O6/c13-7-1-5(2-8(14)11(7)15)16-12-9(18(22)23)3-6(17(20)21)4-10(12)19(24)25/h1-4,16H. The highest BCUT2D eigenvalue weighted by molar-refractivity contribution is 9.14. The van der Waals surface area contributed by atoms with Crippen molar-refractivity contribution >= 4 is 76.2 Å². The van der Waals surface area contributed by atoms with Gasteiger partial charge >= 0.3 is 11.4 Å². The van der Waals surface area contributed by atoms with Crippen LogP contribution in [-0.2, 0) is 0 Å². The topological polar surface area (TPSA) is 141 Å². The van der Waals surface area contributed by atoms with Gasteiger partial charge in [-0.3, -0.25) is 30.3 Å². The van der Waals surface area contributed by atoms with Crippen LogP contribution in [0.3, 0.4) is 0 Å². The van der Waals surface area contributed by atoms with Crippen molar-refractivity contribution in [2.75, 3.05) is 5.32 Å². The van der Waals surface area contributed by atoms with Crippen LogP contribution in [0.4, 0.5) is 28.4 Å². The van der Waals surface area contributed by atoms with Gasteiger partial charge in [0.2, 0.25) is 0 Å². The first-order valence-electron chi connectivity index (χ1n) is 6.14. The molecule has 2 rings (SSSR count). The number of nitrogens with zero attached hydrogens (tertiary/aromatic N) is 3. The quantitative estimate of drug-likeness (QED) is 0.302.